The first-order chi connectivity index (χ1) is 8.40. The summed E-state index contributed by atoms with van der Waals surface area (Å²) in [4.78, 5) is 22.3. The van der Waals surface area contributed by atoms with E-state index in [-0.39, 0.29) is 18.2 Å². The average Bonchev–Trinajstić information content (AvgIpc) is 2.28. The van der Waals surface area contributed by atoms with Gasteiger partial charge in [0, 0.05) is 17.4 Å². The van der Waals surface area contributed by atoms with Crippen LogP contribution in [0.4, 0.5) is 0 Å². The molecule has 1 amide bonds. The number of carbonyl (C=O) groups is 2. The number of hydrogen-bond donors (Lipinski definition) is 2. The number of hydrogen-bond acceptors (Lipinski definition) is 2. The molecule has 1 atom stereocenters. The largest absolute Gasteiger partial charge is 0.481 e. The van der Waals surface area contributed by atoms with E-state index in [1.165, 1.54) is 0 Å². The zero-order valence-corrected chi connectivity index (χ0v) is 12.1. The molecule has 0 heterocycles. The molecule has 0 radical (unpaired) electrons. The quantitative estimate of drug-likeness (QED) is 0.870. The predicted molar refractivity (Wildman–Crippen MR) is 72.9 cm³/mol. The van der Waals surface area contributed by atoms with Crippen molar-refractivity contribution in [1.29, 1.82) is 0 Å². The third-order valence-electron chi connectivity index (χ3n) is 2.31. The number of amides is 1. The minimum Gasteiger partial charge on any atom is -0.481 e. The van der Waals surface area contributed by atoms with E-state index in [0.717, 1.165) is 4.47 Å². The molecule has 0 aliphatic rings. The van der Waals surface area contributed by atoms with E-state index in [2.05, 4.69) is 21.2 Å². The van der Waals surface area contributed by atoms with Gasteiger partial charge in [0.2, 0.25) is 0 Å². The van der Waals surface area contributed by atoms with E-state index in [0.29, 0.717) is 17.1 Å². The molecule has 0 spiro atoms. The number of carboxylic acid groups (broad SMARTS) is 1. The summed E-state index contributed by atoms with van der Waals surface area (Å²) < 4.78 is 0.760. The Bertz CT molecular complexity index is 465. The van der Waals surface area contributed by atoms with Crippen LogP contribution in [-0.2, 0) is 4.79 Å². The highest BCUT2D eigenvalue weighted by Crippen LogP contribution is 2.20. The zero-order chi connectivity index (χ0) is 13.7. The monoisotopic (exact) mass is 333 g/mol. The molecule has 1 unspecified atom stereocenters. The van der Waals surface area contributed by atoms with Crippen molar-refractivity contribution in [2.75, 3.05) is 6.54 Å². The fraction of sp³-hybridized carbons (Fsp3) is 0.333. The van der Waals surface area contributed by atoms with Crippen LogP contribution in [0.15, 0.2) is 22.7 Å². The summed E-state index contributed by atoms with van der Waals surface area (Å²) in [6.07, 6.45) is 0.0203. The second-order valence-corrected chi connectivity index (χ2v) is 5.36. The van der Waals surface area contributed by atoms with Gasteiger partial charge in [0.25, 0.3) is 5.91 Å². The second kappa shape index (κ2) is 6.75. The van der Waals surface area contributed by atoms with E-state index >= 15 is 0 Å². The van der Waals surface area contributed by atoms with Crippen molar-refractivity contribution in [2.45, 2.75) is 13.3 Å². The molecule has 2 N–H and O–H groups in total. The second-order valence-electron chi connectivity index (χ2n) is 4.04. The molecule has 6 heteroatoms. The molecule has 0 aliphatic carbocycles. The Morgan fingerprint density at radius 3 is 2.78 bits per heavy atom. The topological polar surface area (TPSA) is 66.4 Å². The Kier molecular flexibility index (Phi) is 5.62. The fourth-order valence-electron chi connectivity index (χ4n) is 1.40. The van der Waals surface area contributed by atoms with Crippen molar-refractivity contribution in [3.05, 3.63) is 33.3 Å². The summed E-state index contributed by atoms with van der Waals surface area (Å²) in [5.41, 5.74) is 0.369. The van der Waals surface area contributed by atoms with Gasteiger partial charge in [-0.2, -0.15) is 0 Å². The fourth-order valence-corrected chi connectivity index (χ4v) is 1.97. The van der Waals surface area contributed by atoms with Crippen molar-refractivity contribution in [2.24, 2.45) is 5.92 Å². The smallest absolute Gasteiger partial charge is 0.303 e. The lowest BCUT2D eigenvalue weighted by Crippen LogP contribution is -2.29. The lowest BCUT2D eigenvalue weighted by molar-refractivity contribution is -0.137. The number of benzene rings is 1. The summed E-state index contributed by atoms with van der Waals surface area (Å²) in [5.74, 6) is -1.31. The molecule has 4 nitrogen and oxygen atoms in total. The molecular weight excluding hydrogens is 321 g/mol. The molecule has 98 valence electrons. The maximum absolute atomic E-state index is 11.8. The number of carbonyl (C=O) groups excluding carboxylic acids is 1. The normalized spacial score (nSPS) is 11.9. The zero-order valence-electron chi connectivity index (χ0n) is 9.74. The van der Waals surface area contributed by atoms with Crippen molar-refractivity contribution < 1.29 is 14.7 Å². The van der Waals surface area contributed by atoms with E-state index in [9.17, 15) is 9.59 Å². The molecule has 1 aromatic rings. The van der Waals surface area contributed by atoms with Gasteiger partial charge < -0.3 is 10.4 Å². The minimum absolute atomic E-state index is 0.0203. The third kappa shape index (κ3) is 4.66. The first-order valence-corrected chi connectivity index (χ1v) is 6.52. The number of halogens is 2. The number of aliphatic carboxylic acids is 1. The molecular formula is C12H13BrClNO3. The summed E-state index contributed by atoms with van der Waals surface area (Å²) in [6, 6.07) is 4.99. The molecule has 0 saturated carbocycles. The van der Waals surface area contributed by atoms with Gasteiger partial charge in [-0.25, -0.2) is 0 Å². The SMILES string of the molecule is CC(CNC(=O)c1cc(Br)ccc1Cl)CC(=O)O. The molecule has 0 bridgehead atoms. The number of carboxylic acids is 1. The molecule has 0 fully saturated rings. The highest BCUT2D eigenvalue weighted by molar-refractivity contribution is 9.10. The van der Waals surface area contributed by atoms with Crippen LogP contribution < -0.4 is 5.32 Å². The van der Waals surface area contributed by atoms with Gasteiger partial charge >= 0.3 is 5.97 Å². The van der Waals surface area contributed by atoms with Crippen LogP contribution in [0.2, 0.25) is 5.02 Å². The van der Waals surface area contributed by atoms with Gasteiger partial charge in [0.05, 0.1) is 10.6 Å². The lowest BCUT2D eigenvalue weighted by atomic mass is 10.1. The number of rotatable bonds is 5. The summed E-state index contributed by atoms with van der Waals surface area (Å²) in [6.45, 7) is 2.06. The maximum Gasteiger partial charge on any atom is 0.303 e. The van der Waals surface area contributed by atoms with Crippen LogP contribution in [0.25, 0.3) is 0 Å². The Morgan fingerprint density at radius 2 is 2.17 bits per heavy atom. The van der Waals surface area contributed by atoms with E-state index < -0.39 is 5.97 Å². The average molecular weight is 335 g/mol. The number of nitrogens with one attached hydrogen (secondary N) is 1. The molecule has 0 aromatic heterocycles. The summed E-state index contributed by atoms with van der Waals surface area (Å²) in [7, 11) is 0. The van der Waals surface area contributed by atoms with Gasteiger partial charge in [0.1, 0.15) is 0 Å². The van der Waals surface area contributed by atoms with Crippen LogP contribution in [0.3, 0.4) is 0 Å². The van der Waals surface area contributed by atoms with Gasteiger partial charge in [-0.1, -0.05) is 34.5 Å². The van der Waals surface area contributed by atoms with Crippen molar-refractivity contribution in [1.82, 2.24) is 5.32 Å². The molecule has 18 heavy (non-hydrogen) atoms. The summed E-state index contributed by atoms with van der Waals surface area (Å²) in [5, 5.41) is 11.6. The van der Waals surface area contributed by atoms with Gasteiger partial charge in [-0.05, 0) is 24.1 Å². The van der Waals surface area contributed by atoms with Gasteiger partial charge in [0.15, 0.2) is 0 Å². The molecule has 1 rings (SSSR count). The molecule has 0 saturated heterocycles. The van der Waals surface area contributed by atoms with Crippen molar-refractivity contribution in [3.63, 3.8) is 0 Å². The van der Waals surface area contributed by atoms with Crippen LogP contribution in [0.1, 0.15) is 23.7 Å². The third-order valence-corrected chi connectivity index (χ3v) is 3.13. The maximum atomic E-state index is 11.8. The van der Waals surface area contributed by atoms with Crippen molar-refractivity contribution in [3.8, 4) is 0 Å². The molecule has 1 aromatic carbocycles. The highest BCUT2D eigenvalue weighted by atomic mass is 79.9. The van der Waals surface area contributed by atoms with Crippen molar-refractivity contribution >= 4 is 39.4 Å². The standard InChI is InChI=1S/C12H13BrClNO3/c1-7(4-11(16)17)6-15-12(18)9-5-8(13)2-3-10(9)14/h2-3,5,7H,4,6H2,1H3,(H,15,18)(H,16,17). The first-order valence-electron chi connectivity index (χ1n) is 5.35. The van der Waals surface area contributed by atoms with E-state index in [1.807, 2.05) is 0 Å². The Morgan fingerprint density at radius 1 is 1.50 bits per heavy atom. The molecule has 0 aliphatic heterocycles. The Labute approximate surface area is 118 Å². The minimum atomic E-state index is -0.878. The lowest BCUT2D eigenvalue weighted by Gasteiger charge is -2.11. The predicted octanol–water partition coefficient (Wildman–Crippen LogP) is 2.94. The highest BCUT2D eigenvalue weighted by Gasteiger charge is 2.13. The van der Waals surface area contributed by atoms with Crippen LogP contribution >= 0.6 is 27.5 Å². The van der Waals surface area contributed by atoms with Crippen LogP contribution in [0.5, 0.6) is 0 Å². The van der Waals surface area contributed by atoms with Crippen LogP contribution in [0, 0.1) is 5.92 Å². The van der Waals surface area contributed by atoms with E-state index in [4.69, 9.17) is 16.7 Å². The van der Waals surface area contributed by atoms with E-state index in [1.54, 1.807) is 25.1 Å². The summed E-state index contributed by atoms with van der Waals surface area (Å²) >= 11 is 9.18. The van der Waals surface area contributed by atoms with Crippen LogP contribution in [-0.4, -0.2) is 23.5 Å². The van der Waals surface area contributed by atoms with Gasteiger partial charge in [-0.15, -0.1) is 0 Å². The first kappa shape index (κ1) is 15.0. The Hall–Kier alpha value is -1.07. The van der Waals surface area contributed by atoms with Gasteiger partial charge in [-0.3, -0.25) is 9.59 Å². The Balaban J connectivity index is 2.60.